The Labute approximate surface area is 201 Å². The van der Waals surface area contributed by atoms with Crippen LogP contribution in [0.5, 0.6) is 11.5 Å². The Morgan fingerprint density at radius 3 is 2.32 bits per heavy atom. The van der Waals surface area contributed by atoms with Gasteiger partial charge >= 0.3 is 5.97 Å². The molecule has 0 radical (unpaired) electrons. The van der Waals surface area contributed by atoms with Crippen LogP contribution in [0.15, 0.2) is 54.0 Å². The molecule has 0 atom stereocenters. The molecule has 34 heavy (non-hydrogen) atoms. The van der Waals surface area contributed by atoms with E-state index in [1.807, 2.05) is 18.3 Å². The minimum atomic E-state index is -1.03. The molecule has 0 spiro atoms. The monoisotopic (exact) mass is 459 g/mol. The Morgan fingerprint density at radius 1 is 1.12 bits per heavy atom. The van der Waals surface area contributed by atoms with Crippen LogP contribution in [0.25, 0.3) is 0 Å². The smallest absolute Gasteiger partial charge is 0.341 e. The highest BCUT2D eigenvalue weighted by Gasteiger charge is 2.51. The topological polar surface area (TPSA) is 68.1 Å². The van der Waals surface area contributed by atoms with Crippen molar-refractivity contribution in [2.24, 2.45) is 22.7 Å². The summed E-state index contributed by atoms with van der Waals surface area (Å²) < 4.78 is 11.0. The van der Waals surface area contributed by atoms with Gasteiger partial charge in [0.05, 0.1) is 12.8 Å². The molecule has 5 heteroatoms. The van der Waals surface area contributed by atoms with E-state index in [0.29, 0.717) is 23.3 Å². The zero-order valence-corrected chi connectivity index (χ0v) is 19.8. The third-order valence-corrected chi connectivity index (χ3v) is 7.96. The minimum Gasteiger partial charge on any atom is -0.493 e. The fourth-order valence-electron chi connectivity index (χ4n) is 7.03. The van der Waals surface area contributed by atoms with Crippen molar-refractivity contribution in [3.05, 3.63) is 65.7 Å². The zero-order chi connectivity index (χ0) is 23.7. The quantitative estimate of drug-likeness (QED) is 0.363. The Balaban J connectivity index is 1.35. The van der Waals surface area contributed by atoms with E-state index in [-0.39, 0.29) is 0 Å². The Bertz CT molecular complexity index is 1070. The number of aliphatic carboxylic acids is 1. The van der Waals surface area contributed by atoms with Crippen molar-refractivity contribution in [1.82, 2.24) is 0 Å². The number of allylic oxidation sites excluding steroid dienone is 1. The van der Waals surface area contributed by atoms with Gasteiger partial charge in [0.2, 0.25) is 0 Å². The van der Waals surface area contributed by atoms with Gasteiger partial charge in [0.25, 0.3) is 0 Å². The van der Waals surface area contributed by atoms with Crippen molar-refractivity contribution >= 4 is 17.9 Å². The number of hydrogen-bond acceptors (Lipinski definition) is 4. The maximum absolute atomic E-state index is 11.0. The molecule has 5 nitrogen and oxygen atoms in total. The first-order valence-corrected chi connectivity index (χ1v) is 12.3. The summed E-state index contributed by atoms with van der Waals surface area (Å²) in [6, 6.07) is 12.6. The maximum Gasteiger partial charge on any atom is 0.341 e. The number of methoxy groups -OCH3 is 1. The number of benzene rings is 2. The van der Waals surface area contributed by atoms with Gasteiger partial charge in [-0.05, 0) is 104 Å². The largest absolute Gasteiger partial charge is 0.493 e. The zero-order valence-electron chi connectivity index (χ0n) is 19.8. The second kappa shape index (κ2) is 9.28. The van der Waals surface area contributed by atoms with Crippen LogP contribution in [-0.4, -0.2) is 31.0 Å². The van der Waals surface area contributed by atoms with E-state index >= 15 is 0 Å². The van der Waals surface area contributed by atoms with Crippen molar-refractivity contribution < 1.29 is 19.4 Å². The average molecular weight is 460 g/mol. The molecule has 0 aliphatic heterocycles. The molecular formula is C29H33NO4. The lowest BCUT2D eigenvalue weighted by Gasteiger charge is -2.57. The van der Waals surface area contributed by atoms with Gasteiger partial charge in [-0.25, -0.2) is 4.79 Å². The summed E-state index contributed by atoms with van der Waals surface area (Å²) >= 11 is 0. The first-order chi connectivity index (χ1) is 16.5. The number of carboxylic acid groups (broad SMARTS) is 1. The molecule has 1 N–H and O–H groups in total. The maximum atomic E-state index is 11.0. The molecule has 4 saturated carbocycles. The van der Waals surface area contributed by atoms with Crippen molar-refractivity contribution in [3.8, 4) is 11.5 Å². The molecule has 0 saturated heterocycles. The van der Waals surface area contributed by atoms with Gasteiger partial charge in [-0.3, -0.25) is 4.99 Å². The first kappa shape index (κ1) is 22.7. The SMILES string of the molecule is C=CCc1cc(C=Nc2ccc(C34CC5CC(CC(C5)C3)C4)cc2)cc(OC)c1OCC(=O)O. The summed E-state index contributed by atoms with van der Waals surface area (Å²) in [5, 5.41) is 8.98. The molecule has 178 valence electrons. The number of aliphatic imine (C=N–C) groups is 1. The summed E-state index contributed by atoms with van der Waals surface area (Å²) in [6.07, 6.45) is 12.6. The van der Waals surface area contributed by atoms with Crippen molar-refractivity contribution in [1.29, 1.82) is 0 Å². The van der Waals surface area contributed by atoms with Gasteiger partial charge in [-0.1, -0.05) is 18.2 Å². The second-order valence-corrected chi connectivity index (χ2v) is 10.4. The fourth-order valence-corrected chi connectivity index (χ4v) is 7.03. The van der Waals surface area contributed by atoms with E-state index in [1.165, 1.54) is 44.1 Å². The number of carbonyl (C=O) groups is 1. The number of ether oxygens (including phenoxy) is 2. The van der Waals surface area contributed by atoms with Gasteiger partial charge < -0.3 is 14.6 Å². The van der Waals surface area contributed by atoms with Crippen LogP contribution >= 0.6 is 0 Å². The van der Waals surface area contributed by atoms with Gasteiger partial charge in [-0.15, -0.1) is 6.58 Å². The van der Waals surface area contributed by atoms with Gasteiger partial charge in [-0.2, -0.15) is 0 Å². The van der Waals surface area contributed by atoms with Gasteiger partial charge in [0, 0.05) is 11.8 Å². The van der Waals surface area contributed by atoms with Crippen LogP contribution in [0.2, 0.25) is 0 Å². The molecule has 4 aliphatic rings. The standard InChI is InChI=1S/C29H33NO4/c1-3-4-23-12-22(13-26(33-2)28(23)34-18-27(31)32)17-30-25-7-5-24(6-8-25)29-14-19-9-20(15-29)11-21(10-19)16-29/h3,5-8,12-13,17,19-21H,1,4,9-11,14-16,18H2,2H3,(H,31,32). The molecule has 0 unspecified atom stereocenters. The minimum absolute atomic E-state index is 0.399. The van der Waals surface area contributed by atoms with E-state index in [1.54, 1.807) is 13.2 Å². The van der Waals surface area contributed by atoms with Crippen molar-refractivity contribution in [3.63, 3.8) is 0 Å². The van der Waals surface area contributed by atoms with E-state index < -0.39 is 12.6 Å². The molecule has 4 bridgehead atoms. The Morgan fingerprint density at radius 2 is 1.76 bits per heavy atom. The lowest BCUT2D eigenvalue weighted by molar-refractivity contribution is -0.139. The first-order valence-electron chi connectivity index (χ1n) is 12.3. The molecule has 2 aromatic carbocycles. The fraction of sp³-hybridized carbons (Fsp3) is 0.448. The predicted molar refractivity (Wildman–Crippen MR) is 134 cm³/mol. The molecule has 2 aromatic rings. The highest BCUT2D eigenvalue weighted by atomic mass is 16.5. The number of nitrogens with zero attached hydrogens (tertiary/aromatic N) is 1. The predicted octanol–water partition coefficient (Wildman–Crippen LogP) is 6.11. The molecular weight excluding hydrogens is 426 g/mol. The van der Waals surface area contributed by atoms with Crippen LogP contribution in [-0.2, 0) is 16.6 Å². The lowest BCUT2D eigenvalue weighted by Crippen LogP contribution is -2.48. The summed E-state index contributed by atoms with van der Waals surface area (Å²) in [7, 11) is 1.55. The summed E-state index contributed by atoms with van der Waals surface area (Å²) in [5.41, 5.74) is 4.50. The van der Waals surface area contributed by atoms with Crippen LogP contribution in [0.4, 0.5) is 5.69 Å². The lowest BCUT2D eigenvalue weighted by atomic mass is 9.48. The highest BCUT2D eigenvalue weighted by molar-refractivity contribution is 5.84. The molecule has 0 amide bonds. The van der Waals surface area contributed by atoms with E-state index in [2.05, 4.69) is 30.8 Å². The summed E-state index contributed by atoms with van der Waals surface area (Å²) in [6.45, 7) is 3.37. The van der Waals surface area contributed by atoms with Crippen LogP contribution < -0.4 is 9.47 Å². The summed E-state index contributed by atoms with van der Waals surface area (Å²) in [4.78, 5) is 15.7. The van der Waals surface area contributed by atoms with E-state index in [0.717, 1.165) is 34.6 Å². The highest BCUT2D eigenvalue weighted by Crippen LogP contribution is 2.60. The van der Waals surface area contributed by atoms with Gasteiger partial charge in [0.1, 0.15) is 0 Å². The third-order valence-electron chi connectivity index (χ3n) is 7.96. The number of rotatable bonds is 9. The van der Waals surface area contributed by atoms with Crippen LogP contribution in [0, 0.1) is 17.8 Å². The van der Waals surface area contributed by atoms with E-state index in [9.17, 15) is 4.79 Å². The normalized spacial score (nSPS) is 27.1. The average Bonchev–Trinajstić information content (AvgIpc) is 2.81. The van der Waals surface area contributed by atoms with Crippen LogP contribution in [0.1, 0.15) is 55.2 Å². The third kappa shape index (κ3) is 4.48. The Kier molecular flexibility index (Phi) is 6.20. The molecule has 0 heterocycles. The molecule has 4 fully saturated rings. The van der Waals surface area contributed by atoms with Crippen molar-refractivity contribution in [2.75, 3.05) is 13.7 Å². The Hall–Kier alpha value is -3.08. The molecule has 6 rings (SSSR count). The van der Waals surface area contributed by atoms with Crippen molar-refractivity contribution in [2.45, 2.75) is 50.4 Å². The van der Waals surface area contributed by atoms with E-state index in [4.69, 9.17) is 19.6 Å². The summed E-state index contributed by atoms with van der Waals surface area (Å²) in [5.74, 6) is 2.69. The molecule has 4 aliphatic carbocycles. The number of carboxylic acids is 1. The molecule has 0 aromatic heterocycles. The van der Waals surface area contributed by atoms with Crippen LogP contribution in [0.3, 0.4) is 0 Å². The second-order valence-electron chi connectivity index (χ2n) is 10.4. The van der Waals surface area contributed by atoms with Gasteiger partial charge in [0.15, 0.2) is 18.1 Å². The number of hydrogen-bond donors (Lipinski definition) is 1.